The van der Waals surface area contributed by atoms with E-state index in [0.717, 1.165) is 16.2 Å². The van der Waals surface area contributed by atoms with Crippen LogP contribution < -0.4 is 0 Å². The first kappa shape index (κ1) is 14.0. The highest BCUT2D eigenvalue weighted by atomic mass is 32.2. The van der Waals surface area contributed by atoms with Gasteiger partial charge in [-0.1, -0.05) is 6.07 Å². The van der Waals surface area contributed by atoms with Gasteiger partial charge in [0.05, 0.1) is 18.4 Å². The van der Waals surface area contributed by atoms with E-state index < -0.39 is 5.97 Å². The molecular formula is C13H12FNO2S2. The molecule has 3 nitrogen and oxygen atoms in total. The molecular weight excluding hydrogens is 285 g/mol. The van der Waals surface area contributed by atoms with E-state index >= 15 is 0 Å². The quantitative estimate of drug-likeness (QED) is 0.638. The molecule has 1 aromatic heterocycles. The molecule has 0 amide bonds. The number of benzene rings is 1. The molecule has 0 saturated carbocycles. The maximum Gasteiger partial charge on any atom is 0.349 e. The van der Waals surface area contributed by atoms with Gasteiger partial charge in [0.1, 0.15) is 15.7 Å². The van der Waals surface area contributed by atoms with Gasteiger partial charge in [0, 0.05) is 4.90 Å². The predicted molar refractivity (Wildman–Crippen MR) is 75.4 cm³/mol. The molecule has 0 aliphatic rings. The zero-order valence-electron chi connectivity index (χ0n) is 10.7. The number of aromatic nitrogens is 1. The highest BCUT2D eigenvalue weighted by Crippen LogP contribution is 2.36. The first-order chi connectivity index (χ1) is 9.08. The maximum absolute atomic E-state index is 14.0. The summed E-state index contributed by atoms with van der Waals surface area (Å²) in [5.41, 5.74) is 1.00. The van der Waals surface area contributed by atoms with Crippen molar-refractivity contribution in [3.8, 4) is 10.6 Å². The molecule has 0 bridgehead atoms. The number of hydrogen-bond donors (Lipinski definition) is 0. The van der Waals surface area contributed by atoms with Crippen molar-refractivity contribution in [1.82, 2.24) is 4.98 Å². The van der Waals surface area contributed by atoms with E-state index in [1.165, 1.54) is 24.9 Å². The van der Waals surface area contributed by atoms with Gasteiger partial charge in [-0.2, -0.15) is 0 Å². The first-order valence-electron chi connectivity index (χ1n) is 5.47. The second-order valence-corrected chi connectivity index (χ2v) is 5.59. The third kappa shape index (κ3) is 2.64. The molecule has 0 radical (unpaired) electrons. The Morgan fingerprint density at radius 1 is 1.47 bits per heavy atom. The molecule has 0 spiro atoms. The van der Waals surface area contributed by atoms with Gasteiger partial charge in [-0.05, 0) is 25.3 Å². The molecule has 0 aliphatic heterocycles. The van der Waals surface area contributed by atoms with Crippen LogP contribution in [0.25, 0.3) is 10.6 Å². The number of ether oxygens (including phenoxy) is 1. The van der Waals surface area contributed by atoms with E-state index in [0.29, 0.717) is 21.1 Å². The van der Waals surface area contributed by atoms with Gasteiger partial charge in [-0.3, -0.25) is 0 Å². The van der Waals surface area contributed by atoms with Crippen molar-refractivity contribution in [3.05, 3.63) is 34.6 Å². The largest absolute Gasteiger partial charge is 0.465 e. The number of aryl methyl sites for hydroxylation is 1. The molecule has 0 saturated heterocycles. The Kier molecular flexibility index (Phi) is 4.21. The van der Waals surface area contributed by atoms with Gasteiger partial charge in [-0.25, -0.2) is 14.2 Å². The highest BCUT2D eigenvalue weighted by Gasteiger charge is 2.20. The van der Waals surface area contributed by atoms with Crippen LogP contribution in [-0.4, -0.2) is 24.3 Å². The SMILES string of the molecule is COC(=O)c1sc(-c2c(F)cccc2SC)nc1C. The van der Waals surface area contributed by atoms with Crippen LogP contribution in [0, 0.1) is 12.7 Å². The molecule has 100 valence electrons. The monoisotopic (exact) mass is 297 g/mol. The minimum Gasteiger partial charge on any atom is -0.465 e. The van der Waals surface area contributed by atoms with E-state index in [-0.39, 0.29) is 5.82 Å². The Morgan fingerprint density at radius 2 is 2.21 bits per heavy atom. The summed E-state index contributed by atoms with van der Waals surface area (Å²) in [7, 11) is 1.32. The average Bonchev–Trinajstić information content (AvgIpc) is 2.79. The molecule has 1 aromatic carbocycles. The van der Waals surface area contributed by atoms with Gasteiger partial charge in [0.2, 0.25) is 0 Å². The smallest absolute Gasteiger partial charge is 0.349 e. The standard InChI is InChI=1S/C13H12FNO2S2/c1-7-11(13(16)17-2)19-12(15-7)10-8(14)5-4-6-9(10)18-3/h4-6H,1-3H3. The number of nitrogens with zero attached hydrogens (tertiary/aromatic N) is 1. The molecule has 0 N–H and O–H groups in total. The number of thiazole rings is 1. The van der Waals surface area contributed by atoms with Gasteiger partial charge in [-0.15, -0.1) is 23.1 Å². The van der Waals surface area contributed by atoms with Crippen LogP contribution in [0.5, 0.6) is 0 Å². The summed E-state index contributed by atoms with van der Waals surface area (Å²) in [5.74, 6) is -0.777. The summed E-state index contributed by atoms with van der Waals surface area (Å²) in [4.78, 5) is 17.1. The molecule has 0 atom stereocenters. The van der Waals surface area contributed by atoms with E-state index in [4.69, 9.17) is 0 Å². The average molecular weight is 297 g/mol. The Labute approximate surface area is 118 Å². The lowest BCUT2D eigenvalue weighted by atomic mass is 10.2. The van der Waals surface area contributed by atoms with E-state index in [1.807, 2.05) is 12.3 Å². The lowest BCUT2D eigenvalue weighted by Gasteiger charge is -2.04. The van der Waals surface area contributed by atoms with Crippen molar-refractivity contribution in [2.24, 2.45) is 0 Å². The third-order valence-corrected chi connectivity index (χ3v) is 4.51. The highest BCUT2D eigenvalue weighted by molar-refractivity contribution is 7.98. The number of methoxy groups -OCH3 is 1. The van der Waals surface area contributed by atoms with Gasteiger partial charge in [0.25, 0.3) is 0 Å². The van der Waals surface area contributed by atoms with Crippen molar-refractivity contribution in [2.75, 3.05) is 13.4 Å². The van der Waals surface area contributed by atoms with E-state index in [2.05, 4.69) is 9.72 Å². The Morgan fingerprint density at radius 3 is 2.84 bits per heavy atom. The van der Waals surface area contributed by atoms with Gasteiger partial charge in [0.15, 0.2) is 0 Å². The van der Waals surface area contributed by atoms with Crippen LogP contribution >= 0.6 is 23.1 Å². The summed E-state index contributed by atoms with van der Waals surface area (Å²) in [5, 5.41) is 0.500. The van der Waals surface area contributed by atoms with E-state index in [9.17, 15) is 9.18 Å². The summed E-state index contributed by atoms with van der Waals surface area (Å²) < 4.78 is 18.7. The molecule has 19 heavy (non-hydrogen) atoms. The van der Waals surface area contributed by atoms with Crippen LogP contribution in [0.15, 0.2) is 23.1 Å². The zero-order chi connectivity index (χ0) is 14.0. The number of carbonyl (C=O) groups excluding carboxylic acids is 1. The number of esters is 1. The molecule has 2 aromatic rings. The number of hydrogen-bond acceptors (Lipinski definition) is 5. The molecule has 0 unspecified atom stereocenters. The van der Waals surface area contributed by atoms with Crippen molar-refractivity contribution < 1.29 is 13.9 Å². The minimum atomic E-state index is -0.441. The summed E-state index contributed by atoms with van der Waals surface area (Å²) >= 11 is 2.59. The second kappa shape index (κ2) is 5.71. The Bertz CT molecular complexity index is 625. The Hall–Kier alpha value is -1.40. The third-order valence-electron chi connectivity index (χ3n) is 2.58. The fourth-order valence-electron chi connectivity index (χ4n) is 1.67. The molecule has 6 heteroatoms. The molecule has 1 heterocycles. The number of carbonyl (C=O) groups is 1. The summed E-state index contributed by atoms with van der Waals surface area (Å²) in [6.07, 6.45) is 1.87. The lowest BCUT2D eigenvalue weighted by molar-refractivity contribution is 0.0605. The number of halogens is 1. The topological polar surface area (TPSA) is 39.2 Å². The van der Waals surface area contributed by atoms with Crippen molar-refractivity contribution in [3.63, 3.8) is 0 Å². The minimum absolute atomic E-state index is 0.336. The molecule has 2 rings (SSSR count). The lowest BCUT2D eigenvalue weighted by Crippen LogP contribution is -1.99. The van der Waals surface area contributed by atoms with Crippen LogP contribution in [0.3, 0.4) is 0 Å². The summed E-state index contributed by atoms with van der Waals surface area (Å²) in [6.45, 7) is 1.71. The maximum atomic E-state index is 14.0. The predicted octanol–water partition coefficient (Wildman–Crippen LogP) is 3.77. The van der Waals surface area contributed by atoms with Crippen LogP contribution in [0.1, 0.15) is 15.4 Å². The molecule has 0 aliphatic carbocycles. The van der Waals surface area contributed by atoms with Crippen LogP contribution in [0.4, 0.5) is 4.39 Å². The normalized spacial score (nSPS) is 10.5. The fraction of sp³-hybridized carbons (Fsp3) is 0.231. The summed E-state index contributed by atoms with van der Waals surface area (Å²) in [6, 6.07) is 4.88. The van der Waals surface area contributed by atoms with E-state index in [1.54, 1.807) is 13.0 Å². The van der Waals surface area contributed by atoms with Gasteiger partial charge < -0.3 is 4.74 Å². The van der Waals surface area contributed by atoms with Crippen molar-refractivity contribution in [1.29, 1.82) is 0 Å². The molecule has 0 fully saturated rings. The van der Waals surface area contributed by atoms with Gasteiger partial charge >= 0.3 is 5.97 Å². The number of thioether (sulfide) groups is 1. The Balaban J connectivity index is 2.57. The van der Waals surface area contributed by atoms with Crippen molar-refractivity contribution in [2.45, 2.75) is 11.8 Å². The van der Waals surface area contributed by atoms with Crippen LogP contribution in [0.2, 0.25) is 0 Å². The van der Waals surface area contributed by atoms with Crippen molar-refractivity contribution >= 4 is 29.1 Å². The zero-order valence-corrected chi connectivity index (χ0v) is 12.3. The second-order valence-electron chi connectivity index (χ2n) is 3.74. The van der Waals surface area contributed by atoms with Crippen LogP contribution in [-0.2, 0) is 4.74 Å². The first-order valence-corrected chi connectivity index (χ1v) is 7.51. The fourth-order valence-corrected chi connectivity index (χ4v) is 3.39. The number of rotatable bonds is 3.